The molecule has 1 aliphatic rings. The first-order valence-corrected chi connectivity index (χ1v) is 4.19. The number of carbonyl (C=O) groups excluding carboxylic acids is 1. The summed E-state index contributed by atoms with van der Waals surface area (Å²) in [6.07, 6.45) is -1.03. The van der Waals surface area contributed by atoms with E-state index in [1.54, 1.807) is 0 Å². The summed E-state index contributed by atoms with van der Waals surface area (Å²) in [5.41, 5.74) is 4.76. The van der Waals surface area contributed by atoms with Crippen LogP contribution in [0.25, 0.3) is 0 Å². The molecule has 0 saturated carbocycles. The molecule has 0 aliphatic carbocycles. The van der Waals surface area contributed by atoms with Gasteiger partial charge in [-0.3, -0.25) is 0 Å². The maximum atomic E-state index is 12.5. The van der Waals surface area contributed by atoms with Crippen LogP contribution in [0.3, 0.4) is 0 Å². The zero-order valence-electron chi connectivity index (χ0n) is 7.47. The van der Waals surface area contributed by atoms with Gasteiger partial charge in [0, 0.05) is 0 Å². The fraction of sp³-hybridized carbons (Fsp3) is 0.857. The highest BCUT2D eigenvalue weighted by Gasteiger charge is 2.33. The zero-order valence-corrected chi connectivity index (χ0v) is 7.47. The summed E-state index contributed by atoms with van der Waals surface area (Å²) < 4.78 is 37.4. The maximum absolute atomic E-state index is 12.5. The van der Waals surface area contributed by atoms with E-state index in [1.165, 1.54) is 0 Å². The molecule has 0 bridgehead atoms. The average molecular weight is 211 g/mol. The highest BCUT2D eigenvalue weighted by molar-refractivity contribution is 5.75. The van der Waals surface area contributed by atoms with Crippen molar-refractivity contribution in [2.75, 3.05) is 26.2 Å². The van der Waals surface area contributed by atoms with Crippen LogP contribution in [0.2, 0.25) is 0 Å². The van der Waals surface area contributed by atoms with Crippen LogP contribution in [0, 0.1) is 0 Å². The Kier molecular flexibility index (Phi) is 3.20. The van der Waals surface area contributed by atoms with Gasteiger partial charge >= 0.3 is 6.03 Å². The Labute approximate surface area is 79.2 Å². The summed E-state index contributed by atoms with van der Waals surface area (Å²) in [6, 6.07) is -0.674. The average Bonchev–Trinajstić information content (AvgIpc) is 2.09. The smallest absolute Gasteiger partial charge is 0.317 e. The molecule has 82 valence electrons. The largest absolute Gasteiger partial charge is 0.332 e. The Morgan fingerprint density at radius 2 is 2.14 bits per heavy atom. The van der Waals surface area contributed by atoms with E-state index in [2.05, 4.69) is 0 Å². The van der Waals surface area contributed by atoms with E-state index in [4.69, 9.17) is 5.73 Å². The highest BCUT2D eigenvalue weighted by Crippen LogP contribution is 2.12. The van der Waals surface area contributed by atoms with Crippen molar-refractivity contribution in [2.24, 2.45) is 5.73 Å². The monoisotopic (exact) mass is 211 g/mol. The summed E-state index contributed by atoms with van der Waals surface area (Å²) in [5.74, 6) is -3.10. The fourth-order valence-electron chi connectivity index (χ4n) is 0.980. The molecule has 1 fully saturated rings. The standard InChI is InChI=1S/C7H12F3N3O/c8-5-1-13(2-5)6(14)12-4-7(9,10)3-11/h5H,1-4,11H2,(H,12,14). The molecule has 0 atom stereocenters. The number of halogens is 3. The molecule has 0 aromatic heterocycles. The molecular formula is C7H12F3N3O. The predicted molar refractivity (Wildman–Crippen MR) is 43.9 cm³/mol. The number of urea groups is 1. The molecule has 0 radical (unpaired) electrons. The van der Waals surface area contributed by atoms with Gasteiger partial charge in [0.15, 0.2) is 0 Å². The third-order valence-corrected chi connectivity index (χ3v) is 1.92. The van der Waals surface area contributed by atoms with E-state index >= 15 is 0 Å². The second kappa shape index (κ2) is 4.04. The molecule has 3 N–H and O–H groups in total. The molecule has 1 heterocycles. The van der Waals surface area contributed by atoms with Gasteiger partial charge in [0.2, 0.25) is 0 Å². The van der Waals surface area contributed by atoms with Crippen molar-refractivity contribution in [2.45, 2.75) is 12.1 Å². The van der Waals surface area contributed by atoms with Crippen molar-refractivity contribution in [3.63, 3.8) is 0 Å². The normalized spacial score (nSPS) is 17.9. The molecule has 0 aromatic carbocycles. The molecular weight excluding hydrogens is 199 g/mol. The molecule has 1 rings (SSSR count). The van der Waals surface area contributed by atoms with Gasteiger partial charge in [-0.05, 0) is 0 Å². The zero-order chi connectivity index (χ0) is 10.8. The summed E-state index contributed by atoms with van der Waals surface area (Å²) in [7, 11) is 0. The van der Waals surface area contributed by atoms with Crippen LogP contribution in [-0.2, 0) is 0 Å². The first-order valence-electron chi connectivity index (χ1n) is 4.19. The lowest BCUT2D eigenvalue weighted by Crippen LogP contribution is -2.56. The maximum Gasteiger partial charge on any atom is 0.317 e. The number of hydrogen-bond donors (Lipinski definition) is 2. The number of likely N-dealkylation sites (tertiary alicyclic amines) is 1. The molecule has 0 spiro atoms. The van der Waals surface area contributed by atoms with Crippen molar-refractivity contribution < 1.29 is 18.0 Å². The van der Waals surface area contributed by atoms with Gasteiger partial charge in [-0.25, -0.2) is 18.0 Å². The van der Waals surface area contributed by atoms with Gasteiger partial charge < -0.3 is 16.0 Å². The molecule has 1 aliphatic heterocycles. The number of carbonyl (C=O) groups is 1. The number of nitrogens with zero attached hydrogens (tertiary/aromatic N) is 1. The molecule has 7 heteroatoms. The fourth-order valence-corrected chi connectivity index (χ4v) is 0.980. The minimum atomic E-state index is -3.10. The Hall–Kier alpha value is -0.980. The Morgan fingerprint density at radius 3 is 2.57 bits per heavy atom. The van der Waals surface area contributed by atoms with Crippen molar-refractivity contribution in [3.05, 3.63) is 0 Å². The quantitative estimate of drug-likeness (QED) is 0.687. The van der Waals surface area contributed by atoms with E-state index in [-0.39, 0.29) is 13.1 Å². The lowest BCUT2D eigenvalue weighted by Gasteiger charge is -2.34. The van der Waals surface area contributed by atoms with Gasteiger partial charge in [-0.2, -0.15) is 0 Å². The first kappa shape index (κ1) is 11.1. The van der Waals surface area contributed by atoms with E-state index in [1.807, 2.05) is 5.32 Å². The SMILES string of the molecule is NCC(F)(F)CNC(=O)N1CC(F)C1. The van der Waals surface area contributed by atoms with Crippen LogP contribution >= 0.6 is 0 Å². The van der Waals surface area contributed by atoms with Crippen LogP contribution < -0.4 is 11.1 Å². The van der Waals surface area contributed by atoms with Gasteiger partial charge in [0.25, 0.3) is 5.92 Å². The lowest BCUT2D eigenvalue weighted by molar-refractivity contribution is 0.0107. The highest BCUT2D eigenvalue weighted by atomic mass is 19.3. The van der Waals surface area contributed by atoms with Crippen LogP contribution in [0.1, 0.15) is 0 Å². The van der Waals surface area contributed by atoms with Crippen LogP contribution in [0.5, 0.6) is 0 Å². The molecule has 2 amide bonds. The van der Waals surface area contributed by atoms with Gasteiger partial charge in [-0.15, -0.1) is 0 Å². The number of nitrogens with one attached hydrogen (secondary N) is 1. The minimum Gasteiger partial charge on any atom is -0.332 e. The molecule has 4 nitrogen and oxygen atoms in total. The van der Waals surface area contributed by atoms with Gasteiger partial charge in [-0.1, -0.05) is 0 Å². The van der Waals surface area contributed by atoms with Crippen LogP contribution in [0.4, 0.5) is 18.0 Å². The van der Waals surface area contributed by atoms with Crippen molar-refractivity contribution >= 4 is 6.03 Å². The molecule has 0 aromatic rings. The second-order valence-corrected chi connectivity index (χ2v) is 3.22. The van der Waals surface area contributed by atoms with E-state index in [9.17, 15) is 18.0 Å². The number of hydrogen-bond acceptors (Lipinski definition) is 2. The molecule has 0 unspecified atom stereocenters. The van der Waals surface area contributed by atoms with Crippen LogP contribution in [0.15, 0.2) is 0 Å². The van der Waals surface area contributed by atoms with Crippen molar-refractivity contribution in [1.82, 2.24) is 10.2 Å². The number of alkyl halides is 3. The molecule has 1 saturated heterocycles. The Balaban J connectivity index is 2.22. The number of nitrogens with two attached hydrogens (primary N) is 1. The summed E-state index contributed by atoms with van der Waals surface area (Å²) in [4.78, 5) is 12.1. The Morgan fingerprint density at radius 1 is 1.57 bits per heavy atom. The summed E-state index contributed by atoms with van der Waals surface area (Å²) in [6.45, 7) is -1.69. The predicted octanol–water partition coefficient (Wildman–Crippen LogP) is -0.0563. The summed E-state index contributed by atoms with van der Waals surface area (Å²) >= 11 is 0. The number of amides is 2. The van der Waals surface area contributed by atoms with E-state index in [0.29, 0.717) is 0 Å². The first-order chi connectivity index (χ1) is 6.44. The van der Waals surface area contributed by atoms with Crippen LogP contribution in [-0.4, -0.2) is 49.2 Å². The second-order valence-electron chi connectivity index (χ2n) is 3.22. The Bertz CT molecular complexity index is 218. The molecule has 14 heavy (non-hydrogen) atoms. The lowest BCUT2D eigenvalue weighted by atomic mass is 10.2. The number of rotatable bonds is 3. The van der Waals surface area contributed by atoms with Gasteiger partial charge in [0.05, 0.1) is 26.2 Å². The topological polar surface area (TPSA) is 58.4 Å². The minimum absolute atomic E-state index is 0.0277. The van der Waals surface area contributed by atoms with Crippen molar-refractivity contribution in [1.29, 1.82) is 0 Å². The van der Waals surface area contributed by atoms with E-state index in [0.717, 1.165) is 4.90 Å². The third-order valence-electron chi connectivity index (χ3n) is 1.92. The van der Waals surface area contributed by atoms with Crippen molar-refractivity contribution in [3.8, 4) is 0 Å². The van der Waals surface area contributed by atoms with E-state index < -0.39 is 31.2 Å². The third kappa shape index (κ3) is 2.76. The summed E-state index contributed by atoms with van der Waals surface area (Å²) in [5, 5.41) is 1.99. The van der Waals surface area contributed by atoms with Gasteiger partial charge in [0.1, 0.15) is 6.17 Å².